The number of benzene rings is 1. The van der Waals surface area contributed by atoms with Crippen molar-refractivity contribution < 1.29 is 0 Å². The second-order valence-corrected chi connectivity index (χ2v) is 5.28. The monoisotopic (exact) mass is 235 g/mol. The first-order chi connectivity index (χ1) is 7.65. The van der Waals surface area contributed by atoms with Gasteiger partial charge in [-0.25, -0.2) is 4.98 Å². The standard InChI is InChI=1S/C12H17N3S/c1-8(13)7-9(2)14-12-15-10-5-3-4-6-11(10)16-12/h3-6,8-9H,7,13H2,1-2H3,(H,14,15). The number of hydrogen-bond donors (Lipinski definition) is 2. The molecule has 0 saturated heterocycles. The molecule has 86 valence electrons. The molecule has 1 aromatic heterocycles. The van der Waals surface area contributed by atoms with Gasteiger partial charge >= 0.3 is 0 Å². The molecule has 4 heteroatoms. The average molecular weight is 235 g/mol. The molecule has 0 bridgehead atoms. The number of para-hydroxylation sites is 1. The summed E-state index contributed by atoms with van der Waals surface area (Å²) < 4.78 is 1.22. The zero-order chi connectivity index (χ0) is 11.5. The van der Waals surface area contributed by atoms with E-state index in [1.165, 1.54) is 4.70 Å². The maximum absolute atomic E-state index is 5.77. The second-order valence-electron chi connectivity index (χ2n) is 4.25. The molecular formula is C12H17N3S. The molecule has 3 nitrogen and oxygen atoms in total. The van der Waals surface area contributed by atoms with Crippen molar-refractivity contribution in [2.45, 2.75) is 32.4 Å². The van der Waals surface area contributed by atoms with Crippen LogP contribution in [0.2, 0.25) is 0 Å². The Balaban J connectivity index is 2.09. The van der Waals surface area contributed by atoms with Gasteiger partial charge in [-0.1, -0.05) is 23.5 Å². The van der Waals surface area contributed by atoms with E-state index in [4.69, 9.17) is 5.73 Å². The number of thiazole rings is 1. The summed E-state index contributed by atoms with van der Waals surface area (Å²) in [7, 11) is 0. The highest BCUT2D eigenvalue weighted by atomic mass is 32.1. The van der Waals surface area contributed by atoms with E-state index in [9.17, 15) is 0 Å². The van der Waals surface area contributed by atoms with Crippen LogP contribution in [0.1, 0.15) is 20.3 Å². The summed E-state index contributed by atoms with van der Waals surface area (Å²) in [5, 5.41) is 4.37. The summed E-state index contributed by atoms with van der Waals surface area (Å²) >= 11 is 1.69. The summed E-state index contributed by atoms with van der Waals surface area (Å²) in [5.74, 6) is 0. The normalized spacial score (nSPS) is 14.9. The lowest BCUT2D eigenvalue weighted by Crippen LogP contribution is -2.26. The fourth-order valence-corrected chi connectivity index (χ4v) is 2.74. The van der Waals surface area contributed by atoms with Gasteiger partial charge < -0.3 is 11.1 Å². The van der Waals surface area contributed by atoms with Gasteiger partial charge in [0.25, 0.3) is 0 Å². The first-order valence-electron chi connectivity index (χ1n) is 5.53. The van der Waals surface area contributed by atoms with Crippen molar-refractivity contribution in [3.05, 3.63) is 24.3 Å². The number of hydrogen-bond acceptors (Lipinski definition) is 4. The number of fused-ring (bicyclic) bond motifs is 1. The minimum atomic E-state index is 0.219. The zero-order valence-electron chi connectivity index (χ0n) is 9.60. The summed E-state index contributed by atoms with van der Waals surface area (Å²) in [5.41, 5.74) is 6.82. The molecule has 0 aliphatic heterocycles. The number of aromatic nitrogens is 1. The smallest absolute Gasteiger partial charge is 0.183 e. The number of nitrogens with two attached hydrogens (primary N) is 1. The minimum Gasteiger partial charge on any atom is -0.359 e. The van der Waals surface area contributed by atoms with Crippen molar-refractivity contribution in [3.63, 3.8) is 0 Å². The highest BCUT2D eigenvalue weighted by Gasteiger charge is 2.08. The van der Waals surface area contributed by atoms with E-state index in [-0.39, 0.29) is 6.04 Å². The van der Waals surface area contributed by atoms with Crippen molar-refractivity contribution in [2.24, 2.45) is 5.73 Å². The Kier molecular flexibility index (Phi) is 3.41. The van der Waals surface area contributed by atoms with E-state index in [1.54, 1.807) is 11.3 Å². The molecule has 2 atom stereocenters. The topological polar surface area (TPSA) is 50.9 Å². The average Bonchev–Trinajstić information content (AvgIpc) is 2.57. The SMILES string of the molecule is CC(N)CC(C)Nc1nc2ccccc2s1. The molecule has 2 unspecified atom stereocenters. The molecule has 0 aliphatic rings. The third kappa shape index (κ3) is 2.71. The summed E-state index contributed by atoms with van der Waals surface area (Å²) in [4.78, 5) is 4.53. The molecule has 0 amide bonds. The molecule has 0 saturated carbocycles. The van der Waals surface area contributed by atoms with Gasteiger partial charge in [-0.3, -0.25) is 0 Å². The van der Waals surface area contributed by atoms with Gasteiger partial charge in [0, 0.05) is 12.1 Å². The van der Waals surface area contributed by atoms with Gasteiger partial charge in [-0.05, 0) is 32.4 Å². The lowest BCUT2D eigenvalue weighted by atomic mass is 10.1. The van der Waals surface area contributed by atoms with Crippen LogP contribution in [-0.4, -0.2) is 17.1 Å². The lowest BCUT2D eigenvalue weighted by Gasteiger charge is -2.14. The first kappa shape index (κ1) is 11.4. The highest BCUT2D eigenvalue weighted by Crippen LogP contribution is 2.26. The van der Waals surface area contributed by atoms with Crippen molar-refractivity contribution in [2.75, 3.05) is 5.32 Å². The number of rotatable bonds is 4. The molecule has 1 heterocycles. The maximum atomic E-state index is 5.77. The zero-order valence-corrected chi connectivity index (χ0v) is 10.4. The Labute approximate surface area is 99.7 Å². The van der Waals surface area contributed by atoms with Gasteiger partial charge in [0.15, 0.2) is 5.13 Å². The van der Waals surface area contributed by atoms with Gasteiger partial charge in [-0.2, -0.15) is 0 Å². The Bertz CT molecular complexity index is 431. The van der Waals surface area contributed by atoms with E-state index in [0.717, 1.165) is 17.1 Å². The molecule has 3 N–H and O–H groups in total. The Hall–Kier alpha value is -1.13. The molecule has 2 aromatic rings. The van der Waals surface area contributed by atoms with Crippen LogP contribution in [0.25, 0.3) is 10.2 Å². The van der Waals surface area contributed by atoms with Crippen molar-refractivity contribution in [1.29, 1.82) is 0 Å². The third-order valence-corrected chi connectivity index (χ3v) is 3.36. The molecule has 0 fully saturated rings. The van der Waals surface area contributed by atoms with E-state index in [2.05, 4.69) is 23.3 Å². The predicted molar refractivity (Wildman–Crippen MR) is 71.0 cm³/mol. The Morgan fingerprint density at radius 1 is 1.38 bits per heavy atom. The summed E-state index contributed by atoms with van der Waals surface area (Å²) in [6, 6.07) is 8.76. The largest absolute Gasteiger partial charge is 0.359 e. The molecule has 0 spiro atoms. The predicted octanol–water partition coefficient (Wildman–Crippen LogP) is 2.83. The van der Waals surface area contributed by atoms with E-state index in [0.29, 0.717) is 6.04 Å². The van der Waals surface area contributed by atoms with E-state index in [1.807, 2.05) is 25.1 Å². The fourth-order valence-electron chi connectivity index (χ4n) is 1.76. The van der Waals surface area contributed by atoms with Crippen LogP contribution in [0, 0.1) is 0 Å². The van der Waals surface area contributed by atoms with Gasteiger partial charge in [0.2, 0.25) is 0 Å². The molecule has 2 rings (SSSR count). The number of nitrogens with one attached hydrogen (secondary N) is 1. The van der Waals surface area contributed by atoms with Crippen molar-refractivity contribution in [1.82, 2.24) is 4.98 Å². The first-order valence-corrected chi connectivity index (χ1v) is 6.34. The fraction of sp³-hybridized carbons (Fsp3) is 0.417. The van der Waals surface area contributed by atoms with Crippen molar-refractivity contribution in [3.8, 4) is 0 Å². The molecule has 0 aliphatic carbocycles. The minimum absolute atomic E-state index is 0.219. The third-order valence-electron chi connectivity index (χ3n) is 2.39. The number of anilines is 1. The van der Waals surface area contributed by atoms with Crippen LogP contribution in [0.3, 0.4) is 0 Å². The van der Waals surface area contributed by atoms with Gasteiger partial charge in [0.05, 0.1) is 10.2 Å². The Morgan fingerprint density at radius 3 is 2.81 bits per heavy atom. The van der Waals surface area contributed by atoms with Crippen LogP contribution in [0.5, 0.6) is 0 Å². The summed E-state index contributed by atoms with van der Waals surface area (Å²) in [6.45, 7) is 4.16. The van der Waals surface area contributed by atoms with Crippen LogP contribution in [0.4, 0.5) is 5.13 Å². The van der Waals surface area contributed by atoms with Crippen LogP contribution >= 0.6 is 11.3 Å². The lowest BCUT2D eigenvalue weighted by molar-refractivity contribution is 0.605. The van der Waals surface area contributed by atoms with Crippen LogP contribution in [0.15, 0.2) is 24.3 Å². The molecule has 16 heavy (non-hydrogen) atoms. The van der Waals surface area contributed by atoms with Gasteiger partial charge in [0.1, 0.15) is 0 Å². The highest BCUT2D eigenvalue weighted by molar-refractivity contribution is 7.22. The van der Waals surface area contributed by atoms with Crippen molar-refractivity contribution >= 4 is 26.7 Å². The van der Waals surface area contributed by atoms with Crippen LogP contribution in [-0.2, 0) is 0 Å². The van der Waals surface area contributed by atoms with E-state index < -0.39 is 0 Å². The molecular weight excluding hydrogens is 218 g/mol. The summed E-state index contributed by atoms with van der Waals surface area (Å²) in [6.07, 6.45) is 0.954. The molecule has 1 aromatic carbocycles. The Morgan fingerprint density at radius 2 is 2.12 bits per heavy atom. The van der Waals surface area contributed by atoms with Crippen LogP contribution < -0.4 is 11.1 Å². The second kappa shape index (κ2) is 4.80. The number of nitrogens with zero attached hydrogens (tertiary/aromatic N) is 1. The molecule has 0 radical (unpaired) electrons. The maximum Gasteiger partial charge on any atom is 0.183 e. The van der Waals surface area contributed by atoms with E-state index >= 15 is 0 Å². The quantitative estimate of drug-likeness (QED) is 0.856. The van der Waals surface area contributed by atoms with Gasteiger partial charge in [-0.15, -0.1) is 0 Å².